The van der Waals surface area contributed by atoms with Crippen molar-refractivity contribution in [1.82, 2.24) is 25.5 Å². The van der Waals surface area contributed by atoms with E-state index in [9.17, 15) is 0 Å². The van der Waals surface area contributed by atoms with Crippen LogP contribution in [0, 0.1) is 23.7 Å². The zero-order chi connectivity index (χ0) is 27.6. The molecule has 2 bridgehead atoms. The van der Waals surface area contributed by atoms with Crippen molar-refractivity contribution in [3.63, 3.8) is 0 Å². The van der Waals surface area contributed by atoms with Gasteiger partial charge in [0.15, 0.2) is 0 Å². The third kappa shape index (κ3) is 8.89. The predicted octanol–water partition coefficient (Wildman–Crippen LogP) is 2.17. The fourth-order valence-corrected chi connectivity index (χ4v) is 7.43. The maximum atomic E-state index is 8.84. The quantitative estimate of drug-likeness (QED) is 0.193. The molecule has 1 aliphatic heterocycles. The van der Waals surface area contributed by atoms with Gasteiger partial charge in [-0.1, -0.05) is 6.42 Å². The first-order valence-corrected chi connectivity index (χ1v) is 16.1. The number of ether oxygens (including phenoxy) is 1. The molecule has 1 aromatic heterocycles. The number of hydrogen-bond acceptors (Lipinski definition) is 10. The summed E-state index contributed by atoms with van der Waals surface area (Å²) in [5, 5.41) is 19.9. The van der Waals surface area contributed by atoms with Crippen molar-refractivity contribution in [2.24, 2.45) is 23.7 Å². The number of rotatable bonds is 16. The van der Waals surface area contributed by atoms with E-state index in [0.717, 1.165) is 75.4 Å². The van der Waals surface area contributed by atoms with Crippen LogP contribution in [0.2, 0.25) is 0 Å². The minimum Gasteiger partial charge on any atom is -0.394 e. The maximum Gasteiger partial charge on any atom is 0.226 e. The molecule has 10 heteroatoms. The molecular formula is C30H54N8O2. The molecule has 0 spiro atoms. The molecule has 0 aromatic carbocycles. The summed E-state index contributed by atoms with van der Waals surface area (Å²) in [7, 11) is 0. The standard InChI is InChI=1S/C30H54N8O2/c31-28-20-29(38-12-10-37(11-13-38)14-16-40-17-15-39)36-30(35-28)34-22-24-4-2-23(3-5-24)21-32-8-1-9-33-27-19-25-6-7-26(27)18-25/h20,23-27,32-33,39H,1-19,21-22H2,(H3,31,34,35,36)/t23-,24-,25-,26+,27+/m1/s1. The van der Waals surface area contributed by atoms with Crippen molar-refractivity contribution >= 4 is 17.6 Å². The lowest BCUT2D eigenvalue weighted by atomic mass is 9.82. The van der Waals surface area contributed by atoms with Crippen LogP contribution in [0.5, 0.6) is 0 Å². The van der Waals surface area contributed by atoms with Crippen molar-refractivity contribution in [3.8, 4) is 0 Å². The Balaban J connectivity index is 0.930. The molecule has 1 saturated heterocycles. The summed E-state index contributed by atoms with van der Waals surface area (Å²) >= 11 is 0. The molecule has 5 rings (SSSR count). The number of fused-ring (bicyclic) bond motifs is 2. The fraction of sp³-hybridized carbons (Fsp3) is 0.867. The molecule has 3 atom stereocenters. The summed E-state index contributed by atoms with van der Waals surface area (Å²) < 4.78 is 5.41. The molecule has 0 unspecified atom stereocenters. The number of aromatic nitrogens is 2. The number of nitrogens with zero attached hydrogens (tertiary/aromatic N) is 4. The lowest BCUT2D eigenvalue weighted by Gasteiger charge is -2.35. The molecule has 4 aliphatic rings. The lowest BCUT2D eigenvalue weighted by Crippen LogP contribution is -2.47. The van der Waals surface area contributed by atoms with E-state index >= 15 is 0 Å². The number of aliphatic hydroxyl groups excluding tert-OH is 1. The van der Waals surface area contributed by atoms with E-state index in [1.165, 1.54) is 70.9 Å². The molecule has 226 valence electrons. The Morgan fingerprint density at radius 1 is 0.925 bits per heavy atom. The van der Waals surface area contributed by atoms with E-state index < -0.39 is 0 Å². The van der Waals surface area contributed by atoms with Crippen LogP contribution >= 0.6 is 0 Å². The summed E-state index contributed by atoms with van der Waals surface area (Å²) in [5.74, 6) is 5.57. The topological polar surface area (TPSA) is 124 Å². The van der Waals surface area contributed by atoms with Crippen LogP contribution in [0.1, 0.15) is 57.8 Å². The summed E-state index contributed by atoms with van der Waals surface area (Å²) in [6, 6.07) is 2.70. The first kappa shape index (κ1) is 29.8. The number of hydrogen-bond donors (Lipinski definition) is 5. The van der Waals surface area contributed by atoms with Crippen molar-refractivity contribution in [2.45, 2.75) is 63.8 Å². The van der Waals surface area contributed by atoms with Crippen LogP contribution in [0.25, 0.3) is 0 Å². The van der Waals surface area contributed by atoms with Crippen LogP contribution in [0.4, 0.5) is 17.6 Å². The number of nitrogen functional groups attached to an aromatic ring is 1. The van der Waals surface area contributed by atoms with Gasteiger partial charge in [-0.15, -0.1) is 0 Å². The van der Waals surface area contributed by atoms with E-state index in [1.807, 2.05) is 6.07 Å². The highest BCUT2D eigenvalue weighted by Gasteiger charge is 2.38. The molecule has 0 amide bonds. The number of aliphatic hydroxyl groups is 1. The second kappa shape index (κ2) is 15.5. The Bertz CT molecular complexity index is 875. The molecule has 10 nitrogen and oxygen atoms in total. The van der Waals surface area contributed by atoms with Gasteiger partial charge >= 0.3 is 0 Å². The SMILES string of the molecule is Nc1cc(N2CCN(CCOCCO)CC2)nc(NC[C@H]2CC[C@H](CNCCCN[C@H]3C[C@@H]4CC[C@H]3C4)CC2)n1. The molecule has 0 radical (unpaired) electrons. The van der Waals surface area contributed by atoms with Gasteiger partial charge in [-0.25, -0.2) is 0 Å². The Kier molecular flexibility index (Phi) is 11.5. The third-order valence-electron chi connectivity index (χ3n) is 9.84. The average Bonchev–Trinajstić information content (AvgIpc) is 3.61. The van der Waals surface area contributed by atoms with Crippen molar-refractivity contribution in [2.75, 3.05) is 94.7 Å². The monoisotopic (exact) mass is 558 g/mol. The van der Waals surface area contributed by atoms with Gasteiger partial charge in [0.2, 0.25) is 5.95 Å². The molecule has 4 fully saturated rings. The zero-order valence-corrected chi connectivity index (χ0v) is 24.5. The average molecular weight is 559 g/mol. The summed E-state index contributed by atoms with van der Waals surface area (Å²) in [6.07, 6.45) is 12.3. The third-order valence-corrected chi connectivity index (χ3v) is 9.84. The first-order chi connectivity index (χ1) is 19.7. The van der Waals surface area contributed by atoms with Gasteiger partial charge in [0.05, 0.1) is 19.8 Å². The van der Waals surface area contributed by atoms with Crippen LogP contribution in [-0.4, -0.2) is 105 Å². The number of nitrogens with two attached hydrogens (primary N) is 1. The van der Waals surface area contributed by atoms with E-state index in [0.29, 0.717) is 30.9 Å². The van der Waals surface area contributed by atoms with E-state index in [-0.39, 0.29) is 6.61 Å². The molecule has 3 saturated carbocycles. The number of nitrogens with one attached hydrogen (secondary N) is 3. The Labute approximate surface area is 241 Å². The Morgan fingerprint density at radius 2 is 1.73 bits per heavy atom. The van der Waals surface area contributed by atoms with Gasteiger partial charge in [0.1, 0.15) is 11.6 Å². The smallest absolute Gasteiger partial charge is 0.226 e. The highest BCUT2D eigenvalue weighted by Crippen LogP contribution is 2.44. The second-order valence-electron chi connectivity index (χ2n) is 12.7. The normalized spacial score (nSPS) is 28.8. The molecule has 40 heavy (non-hydrogen) atoms. The van der Waals surface area contributed by atoms with Crippen LogP contribution in [0.15, 0.2) is 6.07 Å². The molecule has 3 aliphatic carbocycles. The van der Waals surface area contributed by atoms with Crippen molar-refractivity contribution in [1.29, 1.82) is 0 Å². The minimum atomic E-state index is 0.0804. The second-order valence-corrected chi connectivity index (χ2v) is 12.7. The number of anilines is 3. The highest BCUT2D eigenvalue weighted by molar-refractivity contribution is 5.51. The molecule has 2 heterocycles. The van der Waals surface area contributed by atoms with Gasteiger partial charge in [-0.3, -0.25) is 4.90 Å². The van der Waals surface area contributed by atoms with E-state index in [2.05, 4.69) is 30.7 Å². The summed E-state index contributed by atoms with van der Waals surface area (Å²) in [4.78, 5) is 14.0. The predicted molar refractivity (Wildman–Crippen MR) is 162 cm³/mol. The van der Waals surface area contributed by atoms with E-state index in [4.69, 9.17) is 20.6 Å². The summed E-state index contributed by atoms with van der Waals surface area (Å²) in [5.41, 5.74) is 6.16. The molecule has 1 aromatic rings. The number of piperazine rings is 1. The largest absolute Gasteiger partial charge is 0.394 e. The molecular weight excluding hydrogens is 504 g/mol. The van der Waals surface area contributed by atoms with Gasteiger partial charge in [-0.2, -0.15) is 9.97 Å². The van der Waals surface area contributed by atoms with Crippen LogP contribution in [-0.2, 0) is 4.74 Å². The van der Waals surface area contributed by atoms with E-state index in [1.54, 1.807) is 0 Å². The van der Waals surface area contributed by atoms with Crippen molar-refractivity contribution in [3.05, 3.63) is 6.07 Å². The van der Waals surface area contributed by atoms with Gasteiger partial charge in [0, 0.05) is 51.4 Å². The summed E-state index contributed by atoms with van der Waals surface area (Å²) in [6.45, 7) is 10.2. The molecule has 6 N–H and O–H groups in total. The maximum absolute atomic E-state index is 8.84. The highest BCUT2D eigenvalue weighted by atomic mass is 16.5. The Hall–Kier alpha value is -1.72. The van der Waals surface area contributed by atoms with Crippen LogP contribution in [0.3, 0.4) is 0 Å². The lowest BCUT2D eigenvalue weighted by molar-refractivity contribution is 0.0724. The first-order valence-electron chi connectivity index (χ1n) is 16.1. The Morgan fingerprint density at radius 3 is 2.45 bits per heavy atom. The fourth-order valence-electron chi connectivity index (χ4n) is 7.43. The van der Waals surface area contributed by atoms with Gasteiger partial charge in [0.25, 0.3) is 0 Å². The van der Waals surface area contributed by atoms with Gasteiger partial charge in [-0.05, 0) is 94.7 Å². The zero-order valence-electron chi connectivity index (χ0n) is 24.5. The minimum absolute atomic E-state index is 0.0804. The van der Waals surface area contributed by atoms with Crippen molar-refractivity contribution < 1.29 is 9.84 Å². The van der Waals surface area contributed by atoms with Crippen LogP contribution < -0.4 is 26.6 Å². The van der Waals surface area contributed by atoms with Gasteiger partial charge < -0.3 is 36.4 Å².